The summed E-state index contributed by atoms with van der Waals surface area (Å²) in [7, 11) is 3.97. The number of rotatable bonds is 6. The van der Waals surface area contributed by atoms with Crippen LogP contribution >= 0.6 is 0 Å². The van der Waals surface area contributed by atoms with Gasteiger partial charge in [0.05, 0.1) is 12.2 Å². The number of hydrogen-bond acceptors (Lipinski definition) is 4. The van der Waals surface area contributed by atoms with Crippen molar-refractivity contribution in [2.45, 2.75) is 65.1 Å². The van der Waals surface area contributed by atoms with Gasteiger partial charge in [0.2, 0.25) is 0 Å². The number of amides is 2. The van der Waals surface area contributed by atoms with Gasteiger partial charge < -0.3 is 19.6 Å². The van der Waals surface area contributed by atoms with Gasteiger partial charge in [0.15, 0.2) is 0 Å². The van der Waals surface area contributed by atoms with Gasteiger partial charge in [0.25, 0.3) is 0 Å². The Morgan fingerprint density at radius 1 is 1.14 bits per heavy atom. The molecule has 0 saturated heterocycles. The van der Waals surface area contributed by atoms with E-state index in [9.17, 15) is 4.79 Å². The second kappa shape index (κ2) is 9.13. The van der Waals surface area contributed by atoms with Crippen molar-refractivity contribution in [3.05, 3.63) is 46.8 Å². The predicted octanol–water partition coefficient (Wildman–Crippen LogP) is 4.40. The number of nitrogens with zero attached hydrogens (tertiary/aromatic N) is 3. The maximum Gasteiger partial charge on any atom is 0.317 e. The summed E-state index contributed by atoms with van der Waals surface area (Å²) in [6, 6.07) is 9.06. The number of urea groups is 1. The van der Waals surface area contributed by atoms with Gasteiger partial charge >= 0.3 is 6.03 Å². The van der Waals surface area contributed by atoms with Crippen LogP contribution in [-0.4, -0.2) is 36.2 Å². The molecule has 1 fully saturated rings. The van der Waals surface area contributed by atoms with Crippen LogP contribution in [0.5, 0.6) is 0 Å². The van der Waals surface area contributed by atoms with Crippen molar-refractivity contribution in [3.8, 4) is 0 Å². The van der Waals surface area contributed by atoms with E-state index in [0.29, 0.717) is 19.1 Å². The standard InChI is InChI=1S/C22H32N4O2/c1-16-21(17(2)28-24-16)15-25(3)22(27)23-14-18-10-12-20(13-11-18)26(4)19-8-6-5-7-9-19/h10-13,19H,5-9,14-15H2,1-4H3,(H,23,27). The highest BCUT2D eigenvalue weighted by atomic mass is 16.5. The number of aryl methyl sites for hydroxylation is 2. The molecule has 1 aromatic carbocycles. The van der Waals surface area contributed by atoms with Gasteiger partial charge in [-0.2, -0.15) is 0 Å². The highest BCUT2D eigenvalue weighted by Gasteiger charge is 2.18. The first-order chi connectivity index (χ1) is 13.5. The van der Waals surface area contributed by atoms with Gasteiger partial charge in [0.1, 0.15) is 5.76 Å². The number of carbonyl (C=O) groups is 1. The third kappa shape index (κ3) is 4.86. The lowest BCUT2D eigenvalue weighted by Gasteiger charge is -2.33. The smallest absolute Gasteiger partial charge is 0.317 e. The molecule has 1 N–H and O–H groups in total. The quantitative estimate of drug-likeness (QED) is 0.802. The minimum absolute atomic E-state index is 0.108. The van der Waals surface area contributed by atoms with Crippen molar-refractivity contribution in [2.24, 2.45) is 0 Å². The summed E-state index contributed by atoms with van der Waals surface area (Å²) in [6.45, 7) is 4.76. The SMILES string of the molecule is Cc1noc(C)c1CN(C)C(=O)NCc1ccc(N(C)C2CCCCC2)cc1. The van der Waals surface area contributed by atoms with Gasteiger partial charge in [-0.15, -0.1) is 0 Å². The molecule has 28 heavy (non-hydrogen) atoms. The van der Waals surface area contributed by atoms with E-state index in [2.05, 4.69) is 46.7 Å². The van der Waals surface area contributed by atoms with Crippen LogP contribution in [0.15, 0.2) is 28.8 Å². The number of nitrogens with one attached hydrogen (secondary N) is 1. The average Bonchev–Trinajstić information content (AvgIpc) is 3.04. The van der Waals surface area contributed by atoms with E-state index in [1.54, 1.807) is 11.9 Å². The summed E-state index contributed by atoms with van der Waals surface area (Å²) >= 11 is 0. The fourth-order valence-corrected chi connectivity index (χ4v) is 3.88. The van der Waals surface area contributed by atoms with Crippen molar-refractivity contribution in [1.29, 1.82) is 0 Å². The molecule has 2 amide bonds. The summed E-state index contributed by atoms with van der Waals surface area (Å²) in [5, 5.41) is 6.93. The van der Waals surface area contributed by atoms with Gasteiger partial charge in [0, 0.05) is 37.9 Å². The highest BCUT2D eigenvalue weighted by Crippen LogP contribution is 2.26. The van der Waals surface area contributed by atoms with Crippen LogP contribution in [0.3, 0.4) is 0 Å². The monoisotopic (exact) mass is 384 g/mol. The minimum atomic E-state index is -0.108. The van der Waals surface area contributed by atoms with E-state index in [-0.39, 0.29) is 6.03 Å². The summed E-state index contributed by atoms with van der Waals surface area (Å²) in [5.74, 6) is 0.759. The van der Waals surface area contributed by atoms with Crippen LogP contribution < -0.4 is 10.2 Å². The molecule has 1 aliphatic carbocycles. The second-order valence-corrected chi connectivity index (χ2v) is 7.89. The molecule has 6 nitrogen and oxygen atoms in total. The molecular weight excluding hydrogens is 352 g/mol. The van der Waals surface area contributed by atoms with E-state index in [0.717, 1.165) is 22.6 Å². The number of hydrogen-bond donors (Lipinski definition) is 1. The topological polar surface area (TPSA) is 61.6 Å². The van der Waals surface area contributed by atoms with Crippen LogP contribution in [0.1, 0.15) is 54.7 Å². The zero-order chi connectivity index (χ0) is 20.1. The van der Waals surface area contributed by atoms with E-state index < -0.39 is 0 Å². The lowest BCUT2D eigenvalue weighted by atomic mass is 9.94. The number of anilines is 1. The van der Waals surface area contributed by atoms with Crippen LogP contribution in [0.25, 0.3) is 0 Å². The first-order valence-corrected chi connectivity index (χ1v) is 10.2. The molecule has 3 rings (SSSR count). The molecule has 1 heterocycles. The molecule has 0 atom stereocenters. The predicted molar refractivity (Wildman–Crippen MR) is 111 cm³/mol. The molecule has 2 aromatic rings. The molecule has 1 saturated carbocycles. The van der Waals surface area contributed by atoms with Crippen molar-refractivity contribution < 1.29 is 9.32 Å². The third-order valence-electron chi connectivity index (χ3n) is 5.83. The summed E-state index contributed by atoms with van der Waals surface area (Å²) < 4.78 is 5.17. The van der Waals surface area contributed by atoms with E-state index in [1.165, 1.54) is 37.8 Å². The van der Waals surface area contributed by atoms with Crippen molar-refractivity contribution >= 4 is 11.7 Å². The maximum atomic E-state index is 12.4. The first kappa shape index (κ1) is 20.2. The Bertz CT molecular complexity index is 759. The Morgan fingerprint density at radius 3 is 2.43 bits per heavy atom. The van der Waals surface area contributed by atoms with Crippen molar-refractivity contribution in [1.82, 2.24) is 15.4 Å². The first-order valence-electron chi connectivity index (χ1n) is 10.2. The van der Waals surface area contributed by atoms with Gasteiger partial charge in [-0.05, 0) is 44.4 Å². The molecule has 0 spiro atoms. The van der Waals surface area contributed by atoms with E-state index in [4.69, 9.17) is 4.52 Å². The Labute approximate surface area is 167 Å². The number of benzene rings is 1. The molecule has 1 aliphatic rings. The molecule has 0 aliphatic heterocycles. The van der Waals surface area contributed by atoms with Crippen LogP contribution in [0.4, 0.5) is 10.5 Å². The highest BCUT2D eigenvalue weighted by molar-refractivity contribution is 5.73. The van der Waals surface area contributed by atoms with Crippen LogP contribution in [0.2, 0.25) is 0 Å². The van der Waals surface area contributed by atoms with Gasteiger partial charge in [-0.3, -0.25) is 0 Å². The van der Waals surface area contributed by atoms with Crippen molar-refractivity contribution in [2.75, 3.05) is 19.0 Å². The average molecular weight is 385 g/mol. The maximum absolute atomic E-state index is 12.4. The molecule has 1 aromatic heterocycles. The fraction of sp³-hybridized carbons (Fsp3) is 0.545. The molecule has 6 heteroatoms. The minimum Gasteiger partial charge on any atom is -0.372 e. The van der Waals surface area contributed by atoms with Gasteiger partial charge in [-0.1, -0.05) is 36.6 Å². The van der Waals surface area contributed by atoms with Crippen molar-refractivity contribution in [3.63, 3.8) is 0 Å². The van der Waals surface area contributed by atoms with Gasteiger partial charge in [-0.25, -0.2) is 4.79 Å². The molecule has 152 valence electrons. The third-order valence-corrected chi connectivity index (χ3v) is 5.83. The zero-order valence-electron chi connectivity index (χ0n) is 17.5. The Hall–Kier alpha value is -2.50. The normalized spacial score (nSPS) is 14.7. The Balaban J connectivity index is 1.50. The Kier molecular flexibility index (Phi) is 6.60. The van der Waals surface area contributed by atoms with Crippen LogP contribution in [0, 0.1) is 13.8 Å². The van der Waals surface area contributed by atoms with Crippen LogP contribution in [-0.2, 0) is 13.1 Å². The molecule has 0 radical (unpaired) electrons. The molecular formula is C22H32N4O2. The Morgan fingerprint density at radius 2 is 1.82 bits per heavy atom. The fourth-order valence-electron chi connectivity index (χ4n) is 3.88. The summed E-state index contributed by atoms with van der Waals surface area (Å²) in [5.41, 5.74) is 4.14. The second-order valence-electron chi connectivity index (χ2n) is 7.89. The van der Waals surface area contributed by atoms with E-state index in [1.807, 2.05) is 13.8 Å². The summed E-state index contributed by atoms with van der Waals surface area (Å²) in [6.07, 6.45) is 6.60. The lowest BCUT2D eigenvalue weighted by molar-refractivity contribution is 0.206. The zero-order valence-corrected chi connectivity index (χ0v) is 17.5. The summed E-state index contributed by atoms with van der Waals surface area (Å²) in [4.78, 5) is 16.5. The number of carbonyl (C=O) groups excluding carboxylic acids is 1. The largest absolute Gasteiger partial charge is 0.372 e. The molecule has 0 unspecified atom stereocenters. The van der Waals surface area contributed by atoms with E-state index >= 15 is 0 Å². The number of aromatic nitrogens is 1. The molecule has 0 bridgehead atoms. The lowest BCUT2D eigenvalue weighted by Crippen LogP contribution is -2.36.